The Kier molecular flexibility index (Phi) is 7.63. The molecule has 0 radical (unpaired) electrons. The fourth-order valence-electron chi connectivity index (χ4n) is 0.826. The van der Waals surface area contributed by atoms with Crippen molar-refractivity contribution < 1.29 is 104 Å². The SMILES string of the molecule is O=S(=O)([O-])C(F)(F)C(F)(F)C(F)(F)CCC(F)(F)F.[K+]. The van der Waals surface area contributed by atoms with E-state index in [4.69, 9.17) is 0 Å². The van der Waals surface area contributed by atoms with Gasteiger partial charge in [-0.2, -0.15) is 39.5 Å². The van der Waals surface area contributed by atoms with Crippen molar-refractivity contribution >= 4 is 10.1 Å². The van der Waals surface area contributed by atoms with Gasteiger partial charge in [-0.1, -0.05) is 0 Å². The minimum Gasteiger partial charge on any atom is -0.743 e. The molecule has 0 heterocycles. The van der Waals surface area contributed by atoms with Crippen LogP contribution in [-0.4, -0.2) is 36.2 Å². The standard InChI is InChI=1S/C6H5F9O3S.K/c7-3(8,1-2-4(9,10)11)5(12,13)6(14,15)19(16,17)18;/h1-2H2,(H,16,17,18);/q;+1/p-1. The molecule has 0 bridgehead atoms. The van der Waals surface area contributed by atoms with Crippen LogP contribution in [0.3, 0.4) is 0 Å². The number of hydrogen-bond acceptors (Lipinski definition) is 3. The van der Waals surface area contributed by atoms with Crippen LogP contribution in [0.4, 0.5) is 39.5 Å². The summed E-state index contributed by atoms with van der Waals surface area (Å²) in [5, 5.41) is -6.74. The molecule has 0 saturated carbocycles. The van der Waals surface area contributed by atoms with E-state index in [0.29, 0.717) is 0 Å². The minimum absolute atomic E-state index is 0. The van der Waals surface area contributed by atoms with Gasteiger partial charge < -0.3 is 4.55 Å². The van der Waals surface area contributed by atoms with E-state index in [0.717, 1.165) is 0 Å². The average Bonchev–Trinajstić information content (AvgIpc) is 2.11. The topological polar surface area (TPSA) is 57.2 Å². The average molecular weight is 366 g/mol. The van der Waals surface area contributed by atoms with Gasteiger partial charge in [-0.05, 0) is 0 Å². The molecule has 0 amide bonds. The Balaban J connectivity index is 0. The summed E-state index contributed by atoms with van der Waals surface area (Å²) >= 11 is 0. The fraction of sp³-hybridized carbons (Fsp3) is 1.00. The molecule has 0 spiro atoms. The summed E-state index contributed by atoms with van der Waals surface area (Å²) in [6, 6.07) is 0. The molecular weight excluding hydrogens is 362 g/mol. The third-order valence-electron chi connectivity index (χ3n) is 1.86. The third-order valence-corrected chi connectivity index (χ3v) is 2.75. The smallest absolute Gasteiger partial charge is 0.743 e. The molecule has 0 aromatic heterocycles. The molecule has 116 valence electrons. The molecular formula is C6H4F9KO3S. The maximum absolute atomic E-state index is 12.6. The van der Waals surface area contributed by atoms with E-state index in [1.165, 1.54) is 0 Å². The summed E-state index contributed by atoms with van der Waals surface area (Å²) in [5.41, 5.74) is 0. The first-order chi connectivity index (χ1) is 7.96. The summed E-state index contributed by atoms with van der Waals surface area (Å²) in [5.74, 6) is -12.8. The van der Waals surface area contributed by atoms with Crippen LogP contribution < -0.4 is 51.4 Å². The molecule has 0 unspecified atom stereocenters. The van der Waals surface area contributed by atoms with Gasteiger partial charge in [0.1, 0.15) is 0 Å². The fourth-order valence-corrected chi connectivity index (χ4v) is 1.29. The second kappa shape index (κ2) is 6.58. The zero-order valence-corrected chi connectivity index (χ0v) is 13.4. The normalized spacial score (nSPS) is 14.9. The van der Waals surface area contributed by atoms with Gasteiger partial charge in [-0.3, -0.25) is 0 Å². The molecule has 0 saturated heterocycles. The van der Waals surface area contributed by atoms with Gasteiger partial charge in [-0.25, -0.2) is 8.42 Å². The van der Waals surface area contributed by atoms with E-state index in [1.807, 2.05) is 0 Å². The minimum atomic E-state index is -7.19. The van der Waals surface area contributed by atoms with Crippen LogP contribution in [0.2, 0.25) is 0 Å². The van der Waals surface area contributed by atoms with Crippen molar-refractivity contribution in [2.24, 2.45) is 0 Å². The molecule has 0 aliphatic rings. The zero-order valence-electron chi connectivity index (χ0n) is 9.45. The van der Waals surface area contributed by atoms with Gasteiger partial charge >= 0.3 is 74.7 Å². The quantitative estimate of drug-likeness (QED) is 0.383. The number of halogens is 9. The van der Waals surface area contributed by atoms with Crippen LogP contribution in [0.15, 0.2) is 0 Å². The molecule has 20 heavy (non-hydrogen) atoms. The van der Waals surface area contributed by atoms with Gasteiger partial charge in [0.2, 0.25) is 0 Å². The van der Waals surface area contributed by atoms with Crippen molar-refractivity contribution in [1.29, 1.82) is 0 Å². The van der Waals surface area contributed by atoms with Crippen LogP contribution in [0.25, 0.3) is 0 Å². The van der Waals surface area contributed by atoms with Crippen LogP contribution in [-0.2, 0) is 10.1 Å². The van der Waals surface area contributed by atoms with Crippen LogP contribution >= 0.6 is 0 Å². The van der Waals surface area contributed by atoms with Crippen molar-refractivity contribution in [3.63, 3.8) is 0 Å². The molecule has 0 aromatic carbocycles. The first-order valence-electron chi connectivity index (χ1n) is 4.11. The maximum Gasteiger partial charge on any atom is 1.00 e. The summed E-state index contributed by atoms with van der Waals surface area (Å²) < 4.78 is 139. The Bertz CT molecular complexity index is 429. The largest absolute Gasteiger partial charge is 1.00 e. The molecule has 0 rings (SSSR count). The van der Waals surface area contributed by atoms with E-state index in [1.54, 1.807) is 0 Å². The van der Waals surface area contributed by atoms with E-state index < -0.39 is 46.2 Å². The summed E-state index contributed by atoms with van der Waals surface area (Å²) in [6.07, 6.45) is -10.7. The van der Waals surface area contributed by atoms with Crippen molar-refractivity contribution in [3.8, 4) is 0 Å². The zero-order chi connectivity index (χ0) is 15.9. The molecule has 14 heteroatoms. The molecule has 0 aromatic rings. The molecule has 0 aliphatic heterocycles. The molecule has 3 nitrogen and oxygen atoms in total. The van der Waals surface area contributed by atoms with Gasteiger partial charge in [0.05, 0.1) is 0 Å². The molecule has 0 fully saturated rings. The van der Waals surface area contributed by atoms with Crippen LogP contribution in [0.1, 0.15) is 12.8 Å². The van der Waals surface area contributed by atoms with Crippen molar-refractivity contribution in [3.05, 3.63) is 0 Å². The summed E-state index contributed by atoms with van der Waals surface area (Å²) in [7, 11) is -7.19. The Morgan fingerprint density at radius 2 is 1.15 bits per heavy atom. The van der Waals surface area contributed by atoms with E-state index in [-0.39, 0.29) is 51.4 Å². The van der Waals surface area contributed by atoms with Gasteiger partial charge in [0, 0.05) is 12.8 Å². The van der Waals surface area contributed by atoms with E-state index in [9.17, 15) is 52.5 Å². The summed E-state index contributed by atoms with van der Waals surface area (Å²) in [4.78, 5) is 0. The predicted octanol–water partition coefficient (Wildman–Crippen LogP) is -0.259. The molecule has 0 atom stereocenters. The Hall–Kier alpha value is 0.916. The molecule has 0 N–H and O–H groups in total. The van der Waals surface area contributed by atoms with Gasteiger partial charge in [-0.15, -0.1) is 0 Å². The molecule has 0 aliphatic carbocycles. The third kappa shape index (κ3) is 4.98. The first-order valence-corrected chi connectivity index (χ1v) is 5.52. The Morgan fingerprint density at radius 1 is 0.800 bits per heavy atom. The monoisotopic (exact) mass is 366 g/mol. The van der Waals surface area contributed by atoms with Crippen LogP contribution in [0.5, 0.6) is 0 Å². The number of hydrogen-bond donors (Lipinski definition) is 0. The van der Waals surface area contributed by atoms with Gasteiger partial charge in [0.15, 0.2) is 10.1 Å². The Morgan fingerprint density at radius 3 is 1.40 bits per heavy atom. The van der Waals surface area contributed by atoms with E-state index >= 15 is 0 Å². The second-order valence-electron chi connectivity index (χ2n) is 3.36. The van der Waals surface area contributed by atoms with Crippen molar-refractivity contribution in [1.82, 2.24) is 0 Å². The Labute approximate surface area is 149 Å². The first kappa shape index (κ1) is 23.2. The van der Waals surface area contributed by atoms with Crippen LogP contribution in [0, 0.1) is 0 Å². The number of alkyl halides is 9. The van der Waals surface area contributed by atoms with Gasteiger partial charge in [0.25, 0.3) is 0 Å². The maximum atomic E-state index is 12.6. The number of rotatable bonds is 5. The predicted molar refractivity (Wildman–Crippen MR) is 39.8 cm³/mol. The summed E-state index contributed by atoms with van der Waals surface area (Å²) in [6.45, 7) is 0. The van der Waals surface area contributed by atoms with Crippen molar-refractivity contribution in [2.75, 3.05) is 0 Å². The van der Waals surface area contributed by atoms with Crippen molar-refractivity contribution in [2.45, 2.75) is 36.1 Å². The van der Waals surface area contributed by atoms with E-state index in [2.05, 4.69) is 0 Å². The second-order valence-corrected chi connectivity index (χ2v) is 4.79.